The van der Waals surface area contributed by atoms with Gasteiger partial charge in [-0.1, -0.05) is 0 Å². The van der Waals surface area contributed by atoms with Gasteiger partial charge < -0.3 is 86.5 Å². The second kappa shape index (κ2) is 247. The van der Waals surface area contributed by atoms with Gasteiger partial charge in [-0.25, -0.2) is 15.5 Å². The van der Waals surface area contributed by atoms with Crippen LogP contribution in [0.3, 0.4) is 0 Å². The van der Waals surface area contributed by atoms with Crippen LogP contribution in [0.15, 0.2) is 0 Å². The molecule has 0 aromatic heterocycles. The van der Waals surface area contributed by atoms with E-state index >= 15 is 0 Å². The van der Waals surface area contributed by atoms with E-state index in [2.05, 4.69) is 33.5 Å². The Balaban J connectivity index is -0.00000000399. The van der Waals surface area contributed by atoms with Crippen LogP contribution in [0.25, 0.3) is 0 Å². The number of carbonyl (C=O) groups excluding carboxylic acids is 1. The third-order valence-electron chi connectivity index (χ3n) is 0.203. The van der Waals surface area contributed by atoms with Crippen molar-refractivity contribution in [1.82, 2.24) is 0 Å². The summed E-state index contributed by atoms with van der Waals surface area (Å²) in [6, 6.07) is 0. The average molecular weight is 939 g/mol. The zero-order valence-corrected chi connectivity index (χ0v) is 40.0. The van der Waals surface area contributed by atoms with Gasteiger partial charge in [-0.2, -0.15) is 20.1 Å². The molecule has 0 saturated carbocycles. The molecule has 223 valence electrons. The minimum atomic E-state index is -3.92. The van der Waals surface area contributed by atoms with Crippen molar-refractivity contribution in [3.8, 4) is 0 Å². The third-order valence-corrected chi connectivity index (χ3v) is 0.610. The Kier molecular flexibility index (Phi) is 1070. The van der Waals surface area contributed by atoms with E-state index in [9.17, 15) is 4.79 Å². The van der Waals surface area contributed by atoms with Crippen LogP contribution < -0.4 is 0 Å². The molecule has 0 aliphatic carbocycles. The van der Waals surface area contributed by atoms with Crippen LogP contribution in [-0.4, -0.2) is 77.5 Å². The first-order chi connectivity index (χ1) is 11.3. The molecule has 35 heavy (non-hydrogen) atoms. The molecule has 17 heteroatoms. The fourth-order valence-corrected chi connectivity index (χ4v) is 0. The maximum absolute atomic E-state index is 9.71. The van der Waals surface area contributed by atoms with Gasteiger partial charge in [-0.15, -0.1) is 0 Å². The summed E-state index contributed by atoms with van der Waals surface area (Å²) in [4.78, 5) is 9.71. The SMILES string of the molecule is CO.CO.CO.CO.O.[CH2-]C.[CH2-]C.[CH2-]O.[CH2-]S(=O)(=O)O.[CH2-]SC(C)=O.[CH3-].[CH3-].[CH3-].[CH3-].[CH3-].[Y].[Y].[Y].[Y].[Y]. The molecular weight excluding hydrogens is 885 g/mol. The van der Waals surface area contributed by atoms with Gasteiger partial charge in [-0.3, -0.25) is 22.8 Å². The number of rotatable bonds is 0. The van der Waals surface area contributed by atoms with Crippen molar-refractivity contribution >= 4 is 27.0 Å². The maximum Gasteiger partial charge on any atom is 0.154 e. The van der Waals surface area contributed by atoms with Gasteiger partial charge in [-0.05, 0) is 0 Å². The largest absolute Gasteiger partial charge is 0.569 e. The van der Waals surface area contributed by atoms with Crippen molar-refractivity contribution in [2.75, 3.05) is 28.4 Å². The summed E-state index contributed by atoms with van der Waals surface area (Å²) < 4.78 is 25.5. The average Bonchev–Trinajstić information content (AvgIpc) is 2.65. The molecule has 0 aliphatic heterocycles. The summed E-state index contributed by atoms with van der Waals surface area (Å²) in [6.45, 7) is 11.5. The predicted molar refractivity (Wildman–Crippen MR) is 138 cm³/mol. The molecule has 0 amide bonds. The van der Waals surface area contributed by atoms with Crippen LogP contribution in [-0.2, 0) is 178 Å². The second-order valence-electron chi connectivity index (χ2n) is 1.22. The molecule has 0 atom stereocenters. The predicted octanol–water partition coefficient (Wildman–Crippen LogP) is 2.40. The van der Waals surface area contributed by atoms with E-state index in [1.54, 1.807) is 13.8 Å². The van der Waals surface area contributed by atoms with E-state index < -0.39 is 10.1 Å². The van der Waals surface area contributed by atoms with E-state index in [4.69, 9.17) is 38.5 Å². The van der Waals surface area contributed by atoms with Gasteiger partial charge in [0.25, 0.3) is 0 Å². The molecule has 0 spiro atoms. The number of hydrogen-bond donors (Lipinski definition) is 6. The fraction of sp³-hybridized carbons (Fsp3) is 0.389. The first kappa shape index (κ1) is 151. The number of aliphatic hydroxyl groups is 5. The number of carbonyl (C=O) groups is 1. The Labute approximate surface area is 352 Å². The standard InChI is InChI=1S/C3H5OS.2C2H5.CH3O3S.4CH4O.CH3O.5CH3.H2O.5Y/c1-3(4)5-2;2*1-2;1-5(2,3)4;5*1-2;;;;;;;;;;;/h2H2,1H3;2*1H2,2H3;1H2,(H,2,3,4);4*2H,1H3;2H,1H2;5*1H3;1H2;;;;;/q4*-1;;;;;6*-1;;;;;;. The van der Waals surface area contributed by atoms with Gasteiger partial charge >= 0.3 is 0 Å². The molecule has 0 aliphatic rings. The van der Waals surface area contributed by atoms with E-state index in [0.717, 1.165) is 40.2 Å². The zero-order chi connectivity index (χ0) is 22.8. The van der Waals surface area contributed by atoms with Crippen molar-refractivity contribution in [1.29, 1.82) is 0 Å². The Hall–Kier alpha value is 5.21. The smallest absolute Gasteiger partial charge is 0.154 e. The van der Waals surface area contributed by atoms with Crippen molar-refractivity contribution < 1.29 is 212 Å². The third kappa shape index (κ3) is 1040. The van der Waals surface area contributed by atoms with E-state index in [0.29, 0.717) is 0 Å². The van der Waals surface area contributed by atoms with E-state index in [1.807, 2.05) is 0 Å². The Morgan fingerprint density at radius 2 is 0.657 bits per heavy atom. The molecule has 10 nitrogen and oxygen atoms in total. The fourth-order valence-electron chi connectivity index (χ4n) is 0. The van der Waals surface area contributed by atoms with Crippen molar-refractivity contribution in [2.24, 2.45) is 0 Å². The normalized spacial score (nSPS) is 3.94. The van der Waals surface area contributed by atoms with Gasteiger partial charge in [0.1, 0.15) is 10.1 Å². The van der Waals surface area contributed by atoms with E-state index in [-0.39, 0.29) is 211 Å². The monoisotopic (exact) mass is 939 g/mol. The summed E-state index contributed by atoms with van der Waals surface area (Å²) in [5, 5.41) is 34.8. The number of aliphatic hydroxyl groups excluding tert-OH is 5. The molecule has 0 aromatic carbocycles. The molecule has 0 saturated heterocycles. The second-order valence-corrected chi connectivity index (χ2v) is 3.25. The Morgan fingerprint density at radius 1 is 0.629 bits per heavy atom. The Bertz CT molecular complexity index is 216. The van der Waals surface area contributed by atoms with Crippen molar-refractivity contribution in [2.45, 2.75) is 20.8 Å². The van der Waals surface area contributed by atoms with Gasteiger partial charge in [0.2, 0.25) is 0 Å². The van der Waals surface area contributed by atoms with E-state index in [1.165, 1.54) is 6.92 Å². The quantitative estimate of drug-likeness (QED) is 0.155. The molecule has 8 N–H and O–H groups in total. The number of hydrogen-bond acceptors (Lipinski definition) is 9. The van der Waals surface area contributed by atoms with Crippen LogP contribution in [0.5, 0.6) is 0 Å². The molecule has 0 unspecified atom stereocenters. The topological polar surface area (TPSA) is 204 Å². The molecule has 0 aromatic rings. The minimum absolute atomic E-state index is 0. The summed E-state index contributed by atoms with van der Waals surface area (Å²) >= 11 is 0.991. The van der Waals surface area contributed by atoms with Gasteiger partial charge in [0, 0.05) is 199 Å². The maximum atomic E-state index is 9.71. The summed E-state index contributed by atoms with van der Waals surface area (Å²) in [6.07, 6.45) is 5.55. The van der Waals surface area contributed by atoms with Gasteiger partial charge in [0.15, 0.2) is 5.12 Å². The Morgan fingerprint density at radius 3 is 0.657 bits per heavy atom. The van der Waals surface area contributed by atoms with Crippen LogP contribution in [0, 0.1) is 70.6 Å². The van der Waals surface area contributed by atoms with Gasteiger partial charge in [0.05, 0.1) is 0 Å². The summed E-state index contributed by atoms with van der Waals surface area (Å²) in [5.41, 5.74) is 0. The minimum Gasteiger partial charge on any atom is -0.569 e. The van der Waals surface area contributed by atoms with Crippen LogP contribution in [0.4, 0.5) is 0 Å². The van der Waals surface area contributed by atoms with Crippen LogP contribution >= 0.6 is 11.8 Å². The zero-order valence-electron chi connectivity index (χ0n) is 24.1. The number of thioether (sulfide) groups is 1. The van der Waals surface area contributed by atoms with Crippen LogP contribution in [0.1, 0.15) is 20.8 Å². The molecule has 5 radical (unpaired) electrons. The summed E-state index contributed by atoms with van der Waals surface area (Å²) in [7, 11) is 2.33. The van der Waals surface area contributed by atoms with Crippen LogP contribution in [0.2, 0.25) is 0 Å². The van der Waals surface area contributed by atoms with Crippen molar-refractivity contribution in [3.63, 3.8) is 0 Å². The molecular formula is C18H54O10S2Y5-10. The van der Waals surface area contributed by atoms with Crippen molar-refractivity contribution in [3.05, 3.63) is 70.6 Å². The first-order valence-electron chi connectivity index (χ1n) is 5.52. The summed E-state index contributed by atoms with van der Waals surface area (Å²) in [5.74, 6) is 0. The molecule has 0 heterocycles. The molecule has 0 fully saturated rings. The molecule has 0 bridgehead atoms. The first-order valence-corrected chi connectivity index (χ1v) is 8.12. The molecule has 0 rings (SSSR count).